The zero-order valence-corrected chi connectivity index (χ0v) is 17.6. The van der Waals surface area contributed by atoms with Crippen LogP contribution in [0.15, 0.2) is 23.1 Å². The molecule has 1 fully saturated rings. The number of nitrogens with zero attached hydrogens (tertiary/aromatic N) is 1. The van der Waals surface area contributed by atoms with E-state index in [9.17, 15) is 18.0 Å². The maximum atomic E-state index is 12.9. The molecule has 0 radical (unpaired) electrons. The van der Waals surface area contributed by atoms with Crippen molar-refractivity contribution < 1.29 is 27.5 Å². The van der Waals surface area contributed by atoms with Crippen molar-refractivity contribution in [2.24, 2.45) is 0 Å². The number of methoxy groups -OCH3 is 1. The number of benzene rings is 1. The molecule has 1 amide bonds. The van der Waals surface area contributed by atoms with E-state index in [1.165, 1.54) is 29.6 Å². The number of nitrogens with one attached hydrogen (secondary N) is 1. The summed E-state index contributed by atoms with van der Waals surface area (Å²) in [4.78, 5) is 24.2. The molecule has 0 aromatic heterocycles. The summed E-state index contributed by atoms with van der Waals surface area (Å²) >= 11 is 0. The van der Waals surface area contributed by atoms with Crippen LogP contribution in [0.3, 0.4) is 0 Å². The molecular formula is C19H28N2O6S. The molecule has 0 aliphatic carbocycles. The van der Waals surface area contributed by atoms with Crippen LogP contribution in [0.5, 0.6) is 5.75 Å². The Morgan fingerprint density at radius 1 is 1.21 bits per heavy atom. The Hall–Kier alpha value is -2.13. The second-order valence-corrected chi connectivity index (χ2v) is 9.24. The van der Waals surface area contributed by atoms with Crippen LogP contribution in [0, 0.1) is 0 Å². The minimum absolute atomic E-state index is 0.0427. The molecular weight excluding hydrogens is 384 g/mol. The fourth-order valence-corrected chi connectivity index (χ4v) is 4.49. The molecule has 156 valence electrons. The van der Waals surface area contributed by atoms with E-state index in [0.29, 0.717) is 13.1 Å². The number of esters is 1. The predicted octanol–water partition coefficient (Wildman–Crippen LogP) is 1.94. The Bertz CT molecular complexity index is 829. The van der Waals surface area contributed by atoms with Gasteiger partial charge in [0.25, 0.3) is 5.91 Å². The van der Waals surface area contributed by atoms with Crippen LogP contribution in [-0.4, -0.2) is 56.9 Å². The zero-order chi connectivity index (χ0) is 20.9. The highest BCUT2D eigenvalue weighted by molar-refractivity contribution is 7.89. The van der Waals surface area contributed by atoms with Crippen molar-refractivity contribution in [2.45, 2.75) is 50.5 Å². The Morgan fingerprint density at radius 2 is 1.86 bits per heavy atom. The molecule has 28 heavy (non-hydrogen) atoms. The molecule has 2 rings (SSSR count). The minimum Gasteiger partial charge on any atom is -0.495 e. The van der Waals surface area contributed by atoms with Crippen LogP contribution in [0.1, 0.15) is 50.4 Å². The fraction of sp³-hybridized carbons (Fsp3) is 0.579. The van der Waals surface area contributed by atoms with E-state index in [2.05, 4.69) is 5.32 Å². The van der Waals surface area contributed by atoms with Gasteiger partial charge in [-0.05, 0) is 51.3 Å². The predicted molar refractivity (Wildman–Crippen MR) is 104 cm³/mol. The molecule has 9 heteroatoms. The van der Waals surface area contributed by atoms with Crippen LogP contribution in [0.4, 0.5) is 0 Å². The third-order valence-electron chi connectivity index (χ3n) is 4.78. The van der Waals surface area contributed by atoms with Crippen LogP contribution in [0.25, 0.3) is 0 Å². The standard InChI is InChI=1S/C19H28N2O6S/c1-5-19(2,3)20-17(22)13-27-18(23)14-8-9-15(26-4)16(12-14)28(24,25)21-10-6-7-11-21/h8-9,12H,5-7,10-11,13H2,1-4H3,(H,20,22). The van der Waals surface area contributed by atoms with Gasteiger partial charge in [-0.3, -0.25) is 4.79 Å². The van der Waals surface area contributed by atoms with Gasteiger partial charge in [-0.15, -0.1) is 0 Å². The van der Waals surface area contributed by atoms with Crippen molar-refractivity contribution in [1.82, 2.24) is 9.62 Å². The summed E-state index contributed by atoms with van der Waals surface area (Å²) in [5, 5.41) is 2.77. The lowest BCUT2D eigenvalue weighted by molar-refractivity contribution is -0.125. The second kappa shape index (κ2) is 8.91. The highest BCUT2D eigenvalue weighted by atomic mass is 32.2. The Morgan fingerprint density at radius 3 is 2.43 bits per heavy atom. The second-order valence-electron chi connectivity index (χ2n) is 7.34. The van der Waals surface area contributed by atoms with Gasteiger partial charge >= 0.3 is 5.97 Å². The molecule has 1 aliphatic rings. The average Bonchev–Trinajstić information content (AvgIpc) is 3.21. The fourth-order valence-electron chi connectivity index (χ4n) is 2.79. The van der Waals surface area contributed by atoms with Gasteiger partial charge in [-0.25, -0.2) is 13.2 Å². The summed E-state index contributed by atoms with van der Waals surface area (Å²) in [7, 11) is -2.40. The van der Waals surface area contributed by atoms with Gasteiger partial charge in [0.1, 0.15) is 10.6 Å². The summed E-state index contributed by atoms with van der Waals surface area (Å²) in [6.07, 6.45) is 2.32. The molecule has 1 aliphatic heterocycles. The first kappa shape index (κ1) is 22.2. The monoisotopic (exact) mass is 412 g/mol. The maximum absolute atomic E-state index is 12.9. The van der Waals surface area contributed by atoms with Crippen molar-refractivity contribution in [3.05, 3.63) is 23.8 Å². The van der Waals surface area contributed by atoms with Crippen molar-refractivity contribution in [3.63, 3.8) is 0 Å². The van der Waals surface area contributed by atoms with E-state index >= 15 is 0 Å². The molecule has 0 spiro atoms. The molecule has 1 heterocycles. The molecule has 8 nitrogen and oxygen atoms in total. The van der Waals surface area contributed by atoms with Gasteiger partial charge in [0.05, 0.1) is 12.7 Å². The van der Waals surface area contributed by atoms with E-state index < -0.39 is 34.0 Å². The van der Waals surface area contributed by atoms with Crippen LogP contribution in [0.2, 0.25) is 0 Å². The summed E-state index contributed by atoms with van der Waals surface area (Å²) in [5.41, 5.74) is -0.359. The van der Waals surface area contributed by atoms with Crippen molar-refractivity contribution in [1.29, 1.82) is 0 Å². The van der Waals surface area contributed by atoms with Crippen LogP contribution in [-0.2, 0) is 19.6 Å². The van der Waals surface area contributed by atoms with Gasteiger partial charge in [0.2, 0.25) is 10.0 Å². The normalized spacial score (nSPS) is 15.3. The number of carbonyl (C=O) groups is 2. The summed E-state index contributed by atoms with van der Waals surface area (Å²) in [5.74, 6) is -1.03. The number of hydrogen-bond acceptors (Lipinski definition) is 6. The molecule has 0 saturated carbocycles. The third-order valence-corrected chi connectivity index (χ3v) is 6.70. The lowest BCUT2D eigenvalue weighted by Crippen LogP contribution is -2.44. The van der Waals surface area contributed by atoms with Crippen LogP contribution >= 0.6 is 0 Å². The van der Waals surface area contributed by atoms with E-state index in [4.69, 9.17) is 9.47 Å². The third kappa shape index (κ3) is 5.23. The SMILES string of the molecule is CCC(C)(C)NC(=O)COC(=O)c1ccc(OC)c(S(=O)(=O)N2CCCC2)c1. The highest BCUT2D eigenvalue weighted by Gasteiger charge is 2.31. The largest absolute Gasteiger partial charge is 0.495 e. The Balaban J connectivity index is 2.16. The van der Waals surface area contributed by atoms with Crippen molar-refractivity contribution in [2.75, 3.05) is 26.8 Å². The minimum atomic E-state index is -3.77. The number of carbonyl (C=O) groups excluding carboxylic acids is 2. The smallest absolute Gasteiger partial charge is 0.338 e. The molecule has 1 saturated heterocycles. The summed E-state index contributed by atoms with van der Waals surface area (Å²) < 4.78 is 37.3. The van der Waals surface area contributed by atoms with Gasteiger partial charge in [0, 0.05) is 18.6 Å². The quantitative estimate of drug-likeness (QED) is 0.655. The lowest BCUT2D eigenvalue weighted by atomic mass is 10.0. The average molecular weight is 413 g/mol. The van der Waals surface area contributed by atoms with Gasteiger partial charge in [-0.1, -0.05) is 6.92 Å². The molecule has 1 aromatic carbocycles. The Kier molecular flexibility index (Phi) is 7.06. The molecule has 0 unspecified atom stereocenters. The first-order valence-corrected chi connectivity index (χ1v) is 10.7. The summed E-state index contributed by atoms with van der Waals surface area (Å²) in [6.45, 7) is 6.10. The van der Waals surface area contributed by atoms with Gasteiger partial charge in [-0.2, -0.15) is 4.31 Å². The van der Waals surface area contributed by atoms with Gasteiger partial charge in [0.15, 0.2) is 6.61 Å². The van der Waals surface area contributed by atoms with Crippen molar-refractivity contribution in [3.8, 4) is 5.75 Å². The van der Waals surface area contributed by atoms with E-state index in [1.807, 2.05) is 20.8 Å². The number of amides is 1. The number of sulfonamides is 1. The van der Waals surface area contributed by atoms with Crippen LogP contribution < -0.4 is 10.1 Å². The Labute approximate surface area is 166 Å². The summed E-state index contributed by atoms with van der Waals surface area (Å²) in [6, 6.07) is 4.07. The number of rotatable bonds is 8. The molecule has 0 bridgehead atoms. The number of ether oxygens (including phenoxy) is 2. The van der Waals surface area contributed by atoms with E-state index in [0.717, 1.165) is 19.3 Å². The first-order chi connectivity index (χ1) is 13.1. The molecule has 1 aromatic rings. The lowest BCUT2D eigenvalue weighted by Gasteiger charge is -2.24. The molecule has 1 N–H and O–H groups in total. The van der Waals surface area contributed by atoms with E-state index in [-0.39, 0.29) is 16.2 Å². The topological polar surface area (TPSA) is 102 Å². The highest BCUT2D eigenvalue weighted by Crippen LogP contribution is 2.30. The number of hydrogen-bond donors (Lipinski definition) is 1. The van der Waals surface area contributed by atoms with Gasteiger partial charge < -0.3 is 14.8 Å². The first-order valence-electron chi connectivity index (χ1n) is 9.27. The van der Waals surface area contributed by atoms with Crippen molar-refractivity contribution >= 4 is 21.9 Å². The zero-order valence-electron chi connectivity index (χ0n) is 16.8. The molecule has 0 atom stereocenters. The van der Waals surface area contributed by atoms with E-state index in [1.54, 1.807) is 0 Å². The maximum Gasteiger partial charge on any atom is 0.338 e.